The fraction of sp³-hybridized carbons (Fsp3) is 0.167. The van der Waals surface area contributed by atoms with Crippen LogP contribution in [0.25, 0.3) is 22.4 Å². The van der Waals surface area contributed by atoms with Gasteiger partial charge in [-0.15, -0.1) is 6.58 Å². The Morgan fingerprint density at radius 1 is 1.17 bits per heavy atom. The Bertz CT molecular complexity index is 899. The van der Waals surface area contributed by atoms with Crippen LogP contribution in [0.5, 0.6) is 11.5 Å². The number of fused-ring (bicyclic) bond motifs is 2. The molecule has 0 bridgehead atoms. The van der Waals surface area contributed by atoms with E-state index < -0.39 is 0 Å². The summed E-state index contributed by atoms with van der Waals surface area (Å²) in [5, 5.41) is 0. The predicted octanol–water partition coefficient (Wildman–Crippen LogP) is 3.24. The zero-order valence-electron chi connectivity index (χ0n) is 12.7. The molecule has 1 aliphatic heterocycles. The molecule has 2 N–H and O–H groups in total. The fourth-order valence-electron chi connectivity index (χ4n) is 2.87. The fourth-order valence-corrected chi connectivity index (χ4v) is 2.87. The molecule has 1 aliphatic rings. The minimum Gasteiger partial charge on any atom is -0.486 e. The molecular weight excluding hydrogens is 290 g/mol. The second-order valence-corrected chi connectivity index (χ2v) is 5.44. The monoisotopic (exact) mass is 307 g/mol. The molecule has 3 aromatic rings. The molecule has 5 heteroatoms. The van der Waals surface area contributed by atoms with Crippen LogP contribution in [0.15, 0.2) is 49.1 Å². The second kappa shape index (κ2) is 5.35. The van der Waals surface area contributed by atoms with E-state index in [0.29, 0.717) is 25.4 Å². The molecule has 0 radical (unpaired) electrons. The maximum absolute atomic E-state index is 5.92. The number of allylic oxidation sites excluding steroid dienone is 1. The summed E-state index contributed by atoms with van der Waals surface area (Å²) in [4.78, 5) is 4.77. The van der Waals surface area contributed by atoms with Crippen LogP contribution in [0, 0.1) is 0 Å². The van der Waals surface area contributed by atoms with Gasteiger partial charge in [0, 0.05) is 29.9 Å². The highest BCUT2D eigenvalue weighted by molar-refractivity contribution is 5.84. The van der Waals surface area contributed by atoms with Crippen molar-refractivity contribution in [2.45, 2.75) is 6.54 Å². The summed E-state index contributed by atoms with van der Waals surface area (Å²) < 4.78 is 13.4. The summed E-state index contributed by atoms with van der Waals surface area (Å²) in [6.07, 6.45) is 1.85. The third-order valence-electron chi connectivity index (χ3n) is 3.87. The van der Waals surface area contributed by atoms with Crippen LogP contribution in [-0.4, -0.2) is 22.8 Å². The molecule has 0 fully saturated rings. The van der Waals surface area contributed by atoms with Crippen molar-refractivity contribution in [2.75, 3.05) is 18.9 Å². The minimum atomic E-state index is 0.563. The SMILES string of the molecule is C=CCn1c(-c2cccc(N)c2)nc2cc3c(cc21)OCCO3. The molecule has 1 aromatic heterocycles. The molecule has 5 nitrogen and oxygen atoms in total. The smallest absolute Gasteiger partial charge is 0.163 e. The first-order valence-corrected chi connectivity index (χ1v) is 7.53. The maximum atomic E-state index is 5.92. The van der Waals surface area contributed by atoms with E-state index >= 15 is 0 Å². The Balaban J connectivity index is 1.96. The molecule has 0 aliphatic carbocycles. The van der Waals surface area contributed by atoms with E-state index in [1.165, 1.54) is 0 Å². The van der Waals surface area contributed by atoms with Crippen molar-refractivity contribution in [3.63, 3.8) is 0 Å². The highest BCUT2D eigenvalue weighted by atomic mass is 16.6. The number of nitrogens with zero attached hydrogens (tertiary/aromatic N) is 2. The van der Waals surface area contributed by atoms with Crippen molar-refractivity contribution in [1.29, 1.82) is 0 Å². The lowest BCUT2D eigenvalue weighted by Gasteiger charge is -2.18. The van der Waals surface area contributed by atoms with Gasteiger partial charge in [0.05, 0.1) is 11.0 Å². The van der Waals surface area contributed by atoms with Gasteiger partial charge in [-0.05, 0) is 12.1 Å². The van der Waals surface area contributed by atoms with E-state index in [4.69, 9.17) is 20.2 Å². The zero-order chi connectivity index (χ0) is 15.8. The number of benzene rings is 2. The Labute approximate surface area is 134 Å². The van der Waals surface area contributed by atoms with Gasteiger partial charge in [0.15, 0.2) is 11.5 Å². The molecule has 116 valence electrons. The average Bonchev–Trinajstić information content (AvgIpc) is 2.91. The maximum Gasteiger partial charge on any atom is 0.163 e. The molecule has 0 unspecified atom stereocenters. The van der Waals surface area contributed by atoms with Gasteiger partial charge in [0.1, 0.15) is 19.0 Å². The lowest BCUT2D eigenvalue weighted by Crippen LogP contribution is -2.15. The normalized spacial score (nSPS) is 13.2. The molecule has 0 atom stereocenters. The van der Waals surface area contributed by atoms with Crippen molar-refractivity contribution in [2.24, 2.45) is 0 Å². The molecule has 4 rings (SSSR count). The first-order chi connectivity index (χ1) is 11.3. The lowest BCUT2D eigenvalue weighted by atomic mass is 10.2. The first kappa shape index (κ1) is 13.7. The third kappa shape index (κ3) is 2.30. The second-order valence-electron chi connectivity index (χ2n) is 5.44. The molecular formula is C18H17N3O2. The van der Waals surface area contributed by atoms with Crippen molar-refractivity contribution >= 4 is 16.7 Å². The molecule has 2 aromatic carbocycles. The van der Waals surface area contributed by atoms with Crippen molar-refractivity contribution in [1.82, 2.24) is 9.55 Å². The summed E-state index contributed by atoms with van der Waals surface area (Å²) >= 11 is 0. The number of rotatable bonds is 3. The van der Waals surface area contributed by atoms with Crippen LogP contribution >= 0.6 is 0 Å². The van der Waals surface area contributed by atoms with Crippen LogP contribution in [0.2, 0.25) is 0 Å². The number of nitrogen functional groups attached to an aromatic ring is 1. The first-order valence-electron chi connectivity index (χ1n) is 7.53. The van der Waals surface area contributed by atoms with Crippen LogP contribution in [-0.2, 0) is 6.54 Å². The van der Waals surface area contributed by atoms with Crippen molar-refractivity contribution in [3.05, 3.63) is 49.1 Å². The zero-order valence-corrected chi connectivity index (χ0v) is 12.7. The Morgan fingerprint density at radius 2 is 1.96 bits per heavy atom. The number of hydrogen-bond acceptors (Lipinski definition) is 4. The van der Waals surface area contributed by atoms with Crippen LogP contribution < -0.4 is 15.2 Å². The number of hydrogen-bond donors (Lipinski definition) is 1. The third-order valence-corrected chi connectivity index (χ3v) is 3.87. The molecule has 23 heavy (non-hydrogen) atoms. The van der Waals surface area contributed by atoms with E-state index in [2.05, 4.69) is 11.1 Å². The average molecular weight is 307 g/mol. The quantitative estimate of drug-likeness (QED) is 0.596. The highest BCUT2D eigenvalue weighted by Gasteiger charge is 2.18. The summed E-state index contributed by atoms with van der Waals surface area (Å²) in [6, 6.07) is 11.6. The number of ether oxygens (including phenoxy) is 2. The largest absolute Gasteiger partial charge is 0.486 e. The van der Waals surface area contributed by atoms with E-state index in [1.807, 2.05) is 42.5 Å². The number of nitrogens with two attached hydrogens (primary N) is 1. The van der Waals surface area contributed by atoms with Gasteiger partial charge in [0.2, 0.25) is 0 Å². The summed E-state index contributed by atoms with van der Waals surface area (Å²) in [7, 11) is 0. The van der Waals surface area contributed by atoms with Gasteiger partial charge in [-0.25, -0.2) is 4.98 Å². The Kier molecular flexibility index (Phi) is 3.19. The van der Waals surface area contributed by atoms with E-state index in [-0.39, 0.29) is 0 Å². The predicted molar refractivity (Wildman–Crippen MR) is 90.8 cm³/mol. The summed E-state index contributed by atoms with van der Waals surface area (Å²) in [5.74, 6) is 2.36. The van der Waals surface area contributed by atoms with Gasteiger partial charge in [0.25, 0.3) is 0 Å². The van der Waals surface area contributed by atoms with E-state index in [0.717, 1.165) is 33.9 Å². The molecule has 0 spiro atoms. The Morgan fingerprint density at radius 3 is 2.70 bits per heavy atom. The number of aromatic nitrogens is 2. The summed E-state index contributed by atoms with van der Waals surface area (Å²) in [5.41, 5.74) is 9.47. The topological polar surface area (TPSA) is 62.3 Å². The van der Waals surface area contributed by atoms with Gasteiger partial charge in [-0.3, -0.25) is 0 Å². The van der Waals surface area contributed by atoms with E-state index in [9.17, 15) is 0 Å². The highest BCUT2D eigenvalue weighted by Crippen LogP contribution is 2.36. The van der Waals surface area contributed by atoms with Gasteiger partial charge in [-0.1, -0.05) is 18.2 Å². The van der Waals surface area contributed by atoms with Gasteiger partial charge < -0.3 is 19.8 Å². The minimum absolute atomic E-state index is 0.563. The number of imidazole rings is 1. The number of anilines is 1. The molecule has 0 amide bonds. The van der Waals surface area contributed by atoms with Crippen LogP contribution in [0.3, 0.4) is 0 Å². The van der Waals surface area contributed by atoms with Crippen LogP contribution in [0.1, 0.15) is 0 Å². The van der Waals surface area contributed by atoms with Gasteiger partial charge in [-0.2, -0.15) is 0 Å². The molecule has 2 heterocycles. The lowest BCUT2D eigenvalue weighted by molar-refractivity contribution is 0.172. The standard InChI is InChI=1S/C18H17N3O2/c1-2-6-21-15-11-17-16(22-7-8-23-17)10-14(15)20-18(21)12-4-3-5-13(19)9-12/h2-5,9-11H,1,6-8,19H2. The Hall–Kier alpha value is -2.95. The van der Waals surface area contributed by atoms with Gasteiger partial charge >= 0.3 is 0 Å². The molecule has 0 saturated carbocycles. The summed E-state index contributed by atoms with van der Waals surface area (Å²) in [6.45, 7) is 5.64. The van der Waals surface area contributed by atoms with Crippen molar-refractivity contribution < 1.29 is 9.47 Å². The van der Waals surface area contributed by atoms with Crippen molar-refractivity contribution in [3.8, 4) is 22.9 Å². The van der Waals surface area contributed by atoms with E-state index in [1.54, 1.807) is 0 Å². The van der Waals surface area contributed by atoms with Crippen LogP contribution in [0.4, 0.5) is 5.69 Å². The molecule has 0 saturated heterocycles.